The summed E-state index contributed by atoms with van der Waals surface area (Å²) in [4.78, 5) is 30.5. The van der Waals surface area contributed by atoms with Gasteiger partial charge in [0.2, 0.25) is 0 Å². The molecule has 11 nitrogen and oxygen atoms in total. The SMILES string of the molecule is NCCCNC(CCCN=C(N)N)CCCn1ccc(NC(N)=O)nc1=O. The highest BCUT2D eigenvalue weighted by Gasteiger charge is 2.09. The van der Waals surface area contributed by atoms with Gasteiger partial charge in [-0.2, -0.15) is 4.98 Å². The highest BCUT2D eigenvalue weighted by Crippen LogP contribution is 2.07. The van der Waals surface area contributed by atoms with Gasteiger partial charge in [0.25, 0.3) is 0 Å². The van der Waals surface area contributed by atoms with E-state index in [0.717, 1.165) is 38.6 Å². The molecule has 0 fully saturated rings. The molecule has 0 saturated carbocycles. The maximum Gasteiger partial charge on any atom is 0.349 e. The number of primary amides is 1. The lowest BCUT2D eigenvalue weighted by Crippen LogP contribution is -2.32. The third-order valence-electron chi connectivity index (χ3n) is 3.90. The summed E-state index contributed by atoms with van der Waals surface area (Å²) in [5.41, 5.74) is 20.8. The van der Waals surface area contributed by atoms with Gasteiger partial charge >= 0.3 is 11.7 Å². The molecule has 1 rings (SSSR count). The molecule has 0 aliphatic carbocycles. The van der Waals surface area contributed by atoms with Crippen LogP contribution in [0.3, 0.4) is 0 Å². The molecule has 2 amide bonds. The van der Waals surface area contributed by atoms with Crippen molar-refractivity contribution in [3.05, 3.63) is 22.7 Å². The summed E-state index contributed by atoms with van der Waals surface area (Å²) in [5, 5.41) is 5.76. The number of anilines is 1. The fourth-order valence-corrected chi connectivity index (χ4v) is 2.61. The van der Waals surface area contributed by atoms with Gasteiger partial charge in [0.1, 0.15) is 5.82 Å². The number of aryl methyl sites for hydroxylation is 1. The monoisotopic (exact) mass is 381 g/mol. The molecule has 1 unspecified atom stereocenters. The molecule has 1 aromatic heterocycles. The zero-order valence-corrected chi connectivity index (χ0v) is 15.6. The average molecular weight is 381 g/mol. The van der Waals surface area contributed by atoms with Crippen molar-refractivity contribution >= 4 is 17.8 Å². The molecule has 0 aliphatic rings. The van der Waals surface area contributed by atoms with E-state index in [9.17, 15) is 9.59 Å². The van der Waals surface area contributed by atoms with Crippen LogP contribution in [0.2, 0.25) is 0 Å². The predicted octanol–water partition coefficient (Wildman–Crippen LogP) is -1.13. The summed E-state index contributed by atoms with van der Waals surface area (Å²) in [6, 6.07) is 1.08. The molecule has 0 aliphatic heterocycles. The molecular formula is C16H31N9O2. The van der Waals surface area contributed by atoms with Crippen LogP contribution >= 0.6 is 0 Å². The van der Waals surface area contributed by atoms with Crippen molar-refractivity contribution in [2.75, 3.05) is 25.0 Å². The quantitative estimate of drug-likeness (QED) is 0.141. The van der Waals surface area contributed by atoms with E-state index in [1.807, 2.05) is 0 Å². The molecule has 152 valence electrons. The number of carbonyl (C=O) groups is 1. The van der Waals surface area contributed by atoms with Crippen molar-refractivity contribution in [3.8, 4) is 0 Å². The predicted molar refractivity (Wildman–Crippen MR) is 106 cm³/mol. The van der Waals surface area contributed by atoms with E-state index >= 15 is 0 Å². The van der Waals surface area contributed by atoms with Crippen LogP contribution in [0.25, 0.3) is 0 Å². The minimum atomic E-state index is -0.758. The molecule has 0 spiro atoms. The number of nitrogens with one attached hydrogen (secondary N) is 2. The number of nitrogens with zero attached hydrogens (tertiary/aromatic N) is 3. The molecule has 11 heteroatoms. The molecule has 1 aromatic rings. The normalized spacial score (nSPS) is 11.7. The molecule has 0 aromatic carbocycles. The van der Waals surface area contributed by atoms with Crippen LogP contribution in [0.15, 0.2) is 22.1 Å². The summed E-state index contributed by atoms with van der Waals surface area (Å²) in [6.45, 7) is 2.61. The highest BCUT2D eigenvalue weighted by atomic mass is 16.2. The zero-order valence-electron chi connectivity index (χ0n) is 15.6. The number of hydrogen-bond donors (Lipinski definition) is 6. The third kappa shape index (κ3) is 10.2. The fourth-order valence-electron chi connectivity index (χ4n) is 2.61. The van der Waals surface area contributed by atoms with E-state index in [2.05, 4.69) is 20.6 Å². The first-order valence-corrected chi connectivity index (χ1v) is 9.05. The van der Waals surface area contributed by atoms with Crippen molar-refractivity contribution in [1.82, 2.24) is 14.9 Å². The van der Waals surface area contributed by atoms with E-state index in [1.54, 1.807) is 12.3 Å². The minimum Gasteiger partial charge on any atom is -0.370 e. The lowest BCUT2D eigenvalue weighted by molar-refractivity contribution is 0.259. The van der Waals surface area contributed by atoms with Gasteiger partial charge in [-0.3, -0.25) is 14.9 Å². The second-order valence-electron chi connectivity index (χ2n) is 6.16. The Hall–Kier alpha value is -2.66. The van der Waals surface area contributed by atoms with Crippen LogP contribution in [0.4, 0.5) is 10.6 Å². The second-order valence-corrected chi connectivity index (χ2v) is 6.16. The smallest absolute Gasteiger partial charge is 0.349 e. The minimum absolute atomic E-state index is 0.101. The number of rotatable bonds is 13. The highest BCUT2D eigenvalue weighted by molar-refractivity contribution is 5.86. The molecule has 1 atom stereocenters. The lowest BCUT2D eigenvalue weighted by Gasteiger charge is -2.18. The first kappa shape index (κ1) is 22.4. The molecule has 1 heterocycles. The Labute approximate surface area is 158 Å². The van der Waals surface area contributed by atoms with E-state index in [-0.39, 0.29) is 11.8 Å². The Morgan fingerprint density at radius 2 is 1.96 bits per heavy atom. The van der Waals surface area contributed by atoms with Crippen molar-refractivity contribution in [1.29, 1.82) is 0 Å². The number of amides is 2. The van der Waals surface area contributed by atoms with Gasteiger partial charge in [0.15, 0.2) is 5.96 Å². The van der Waals surface area contributed by atoms with Crippen LogP contribution in [0.5, 0.6) is 0 Å². The molecule has 10 N–H and O–H groups in total. The second kappa shape index (κ2) is 12.7. The van der Waals surface area contributed by atoms with Crippen LogP contribution in [-0.4, -0.2) is 47.2 Å². The van der Waals surface area contributed by atoms with E-state index < -0.39 is 11.7 Å². The number of carbonyl (C=O) groups excluding carboxylic acids is 1. The first-order valence-electron chi connectivity index (χ1n) is 9.05. The van der Waals surface area contributed by atoms with Crippen LogP contribution in [-0.2, 0) is 6.54 Å². The van der Waals surface area contributed by atoms with E-state index in [1.165, 1.54) is 4.57 Å². The van der Waals surface area contributed by atoms with Crippen molar-refractivity contribution in [2.45, 2.75) is 44.7 Å². The largest absolute Gasteiger partial charge is 0.370 e. The number of urea groups is 1. The molecule has 0 radical (unpaired) electrons. The summed E-state index contributed by atoms with van der Waals surface area (Å²) < 4.78 is 1.50. The Morgan fingerprint density at radius 3 is 2.59 bits per heavy atom. The molecule has 27 heavy (non-hydrogen) atoms. The van der Waals surface area contributed by atoms with E-state index in [0.29, 0.717) is 25.7 Å². The molecule has 0 bridgehead atoms. The molecule has 0 saturated heterocycles. The van der Waals surface area contributed by atoms with Gasteiger partial charge in [-0.1, -0.05) is 0 Å². The summed E-state index contributed by atoms with van der Waals surface area (Å²) in [6.07, 6.45) is 5.98. The molecular weight excluding hydrogens is 350 g/mol. The summed E-state index contributed by atoms with van der Waals surface area (Å²) in [5.74, 6) is 0.244. The van der Waals surface area contributed by atoms with E-state index in [4.69, 9.17) is 22.9 Å². The number of nitrogens with two attached hydrogens (primary N) is 4. The fraction of sp³-hybridized carbons (Fsp3) is 0.625. The van der Waals surface area contributed by atoms with Gasteiger partial charge in [-0.15, -0.1) is 0 Å². The zero-order chi connectivity index (χ0) is 20.1. The van der Waals surface area contributed by atoms with Crippen LogP contribution < -0.4 is 39.3 Å². The lowest BCUT2D eigenvalue weighted by atomic mass is 10.1. The van der Waals surface area contributed by atoms with Gasteiger partial charge in [0, 0.05) is 25.3 Å². The standard InChI is InChI=1S/C16H31N9O2/c17-7-3-9-21-12(4-1-8-22-14(18)19)5-2-10-25-11-6-13(23-15(20)26)24-16(25)27/h6,11-12,21H,1-5,7-10,17H2,(H4,18,19,22)(H3,20,23,24,26,27). The number of aromatic nitrogens is 2. The summed E-state index contributed by atoms with van der Waals surface area (Å²) in [7, 11) is 0. The maximum absolute atomic E-state index is 12.0. The van der Waals surface area contributed by atoms with Gasteiger partial charge < -0.3 is 28.3 Å². The Balaban J connectivity index is 2.49. The maximum atomic E-state index is 12.0. The topological polar surface area (TPSA) is 192 Å². The van der Waals surface area contributed by atoms with Crippen LogP contribution in [0.1, 0.15) is 32.1 Å². The van der Waals surface area contributed by atoms with Crippen molar-refractivity contribution in [3.63, 3.8) is 0 Å². The number of guanidine groups is 1. The van der Waals surface area contributed by atoms with Crippen molar-refractivity contribution in [2.24, 2.45) is 27.9 Å². The summed E-state index contributed by atoms with van der Waals surface area (Å²) >= 11 is 0. The Bertz CT molecular complexity index is 656. The number of aliphatic imine (C=N–C) groups is 1. The Kier molecular flexibility index (Phi) is 10.5. The van der Waals surface area contributed by atoms with Gasteiger partial charge in [0.05, 0.1) is 0 Å². The van der Waals surface area contributed by atoms with Gasteiger partial charge in [-0.25, -0.2) is 9.59 Å². The van der Waals surface area contributed by atoms with Crippen LogP contribution in [0, 0.1) is 0 Å². The third-order valence-corrected chi connectivity index (χ3v) is 3.90. The first-order chi connectivity index (χ1) is 12.9. The van der Waals surface area contributed by atoms with Crippen molar-refractivity contribution < 1.29 is 4.79 Å². The Morgan fingerprint density at radius 1 is 1.22 bits per heavy atom. The average Bonchev–Trinajstić information content (AvgIpc) is 2.59. The number of hydrogen-bond acceptors (Lipinski definition) is 6. The van der Waals surface area contributed by atoms with Gasteiger partial charge in [-0.05, 0) is 51.3 Å².